The van der Waals surface area contributed by atoms with Crippen LogP contribution in [0.5, 0.6) is 0 Å². The molecule has 0 nitrogen and oxygen atoms in total. The van der Waals surface area contributed by atoms with E-state index in [4.69, 9.17) is 0 Å². The normalized spacial score (nSPS) is 8.67. The number of hydrogen-bond acceptors (Lipinski definition) is 1. The Balaban J connectivity index is -0.0000000833. The van der Waals surface area contributed by atoms with Crippen LogP contribution in [0.25, 0.3) is 0 Å². The summed E-state index contributed by atoms with van der Waals surface area (Å²) >= 11 is 1.81. The van der Waals surface area contributed by atoms with Gasteiger partial charge in [0.25, 0.3) is 0 Å². The van der Waals surface area contributed by atoms with Crippen molar-refractivity contribution in [1.82, 2.24) is 0 Å². The van der Waals surface area contributed by atoms with Crippen molar-refractivity contribution in [2.75, 3.05) is 5.75 Å². The molecule has 5 heteroatoms. The summed E-state index contributed by atoms with van der Waals surface area (Å²) in [4.78, 5) is 0. The smallest absolute Gasteiger partial charge is 1.00 e. The van der Waals surface area contributed by atoms with Gasteiger partial charge in [-0.25, -0.2) is 17.8 Å². The summed E-state index contributed by atoms with van der Waals surface area (Å²) in [7, 11) is 0. The third kappa shape index (κ3) is 31.4. The first-order valence-electron chi connectivity index (χ1n) is 4.26. The number of allylic oxidation sites excluding steroid dienone is 3. The molecule has 0 spiro atoms. The van der Waals surface area contributed by atoms with Crippen LogP contribution in [-0.4, -0.2) is 28.8 Å². The van der Waals surface area contributed by atoms with E-state index in [1.54, 1.807) is 0 Å². The first-order valence-corrected chi connectivity index (χ1v) is 5.31. The van der Waals surface area contributed by atoms with E-state index in [1.807, 2.05) is 17.8 Å². The minimum Gasteiger partial charge on any atom is -1.00 e. The van der Waals surface area contributed by atoms with Gasteiger partial charge in [-0.15, -0.1) is 0 Å². The zero-order valence-electron chi connectivity index (χ0n) is 9.23. The molecule has 0 N–H and O–H groups in total. The van der Waals surface area contributed by atoms with E-state index in [0.717, 1.165) is 12.2 Å². The van der Waals surface area contributed by atoms with Crippen LogP contribution in [0.4, 0.5) is 0 Å². The Morgan fingerprint density at radius 1 is 1.20 bits per heavy atom. The first kappa shape index (κ1) is 30.3. The SMILES string of the molecule is CCCCC=[C-]/C=C\SCC.[Br-].[Br-].[Cu+].[Mg+2]. The Bertz CT molecular complexity index is 133. The van der Waals surface area contributed by atoms with Crippen molar-refractivity contribution < 1.29 is 51.0 Å². The van der Waals surface area contributed by atoms with Crippen LogP contribution in [0.3, 0.4) is 0 Å². The maximum Gasteiger partial charge on any atom is 2.00 e. The summed E-state index contributed by atoms with van der Waals surface area (Å²) in [6.45, 7) is 4.35. The van der Waals surface area contributed by atoms with Gasteiger partial charge in [0.15, 0.2) is 0 Å². The Morgan fingerprint density at radius 3 is 2.27 bits per heavy atom. The third-order valence-corrected chi connectivity index (χ3v) is 1.91. The number of thioether (sulfide) groups is 1. The third-order valence-electron chi connectivity index (χ3n) is 1.25. The molecule has 0 radical (unpaired) electrons. The molecule has 0 atom stereocenters. The van der Waals surface area contributed by atoms with Crippen LogP contribution in [0.15, 0.2) is 17.6 Å². The number of halogens is 2. The summed E-state index contributed by atoms with van der Waals surface area (Å²) in [5, 5.41) is 2.09. The van der Waals surface area contributed by atoms with Gasteiger partial charge in [0.2, 0.25) is 0 Å². The van der Waals surface area contributed by atoms with Crippen molar-refractivity contribution in [3.63, 3.8) is 0 Å². The summed E-state index contributed by atoms with van der Waals surface area (Å²) in [5.74, 6) is 1.15. The predicted molar refractivity (Wildman–Crippen MR) is 60.4 cm³/mol. The van der Waals surface area contributed by atoms with Gasteiger partial charge < -0.3 is 34.0 Å². The fourth-order valence-electron chi connectivity index (χ4n) is 0.641. The second kappa shape index (κ2) is 29.8. The van der Waals surface area contributed by atoms with Gasteiger partial charge in [0, 0.05) is 0 Å². The molecule has 0 amide bonds. The zero-order valence-corrected chi connectivity index (χ0v) is 15.6. The van der Waals surface area contributed by atoms with Crippen molar-refractivity contribution >= 4 is 34.8 Å². The summed E-state index contributed by atoms with van der Waals surface area (Å²) < 4.78 is 0. The molecule has 0 rings (SSSR count). The van der Waals surface area contributed by atoms with Crippen LogP contribution in [0.1, 0.15) is 33.1 Å². The maximum atomic E-state index is 3.13. The number of hydrogen-bond donors (Lipinski definition) is 0. The molecule has 0 aliphatic carbocycles. The average Bonchev–Trinajstić information content (AvgIpc) is 2.03. The predicted octanol–water partition coefficient (Wildman–Crippen LogP) is -2.57. The fourth-order valence-corrected chi connectivity index (χ4v) is 1.01. The van der Waals surface area contributed by atoms with Gasteiger partial charge >= 0.3 is 40.1 Å². The van der Waals surface area contributed by atoms with Crippen LogP contribution in [0, 0.1) is 6.08 Å². The van der Waals surface area contributed by atoms with Gasteiger partial charge in [-0.1, -0.05) is 33.1 Å². The Kier molecular flexibility index (Phi) is 60.1. The fraction of sp³-hybridized carbons (Fsp3) is 0.600. The zero-order chi connectivity index (χ0) is 8.36. The Hall–Kier alpha value is 2.08. The minimum atomic E-state index is 0. The molecule has 0 aliphatic heterocycles. The largest absolute Gasteiger partial charge is 2.00 e. The quantitative estimate of drug-likeness (QED) is 0.198. The first-order chi connectivity index (χ1) is 5.41. The van der Waals surface area contributed by atoms with Crippen LogP contribution in [-0.2, 0) is 17.1 Å². The number of rotatable bonds is 6. The van der Waals surface area contributed by atoms with Crippen LogP contribution in [0.2, 0.25) is 0 Å². The van der Waals surface area contributed by atoms with E-state index >= 15 is 0 Å². The molecule has 0 fully saturated rings. The molecular formula is C10H17Br2CuMgS. The van der Waals surface area contributed by atoms with E-state index in [9.17, 15) is 0 Å². The average molecular weight is 417 g/mol. The van der Waals surface area contributed by atoms with Crippen LogP contribution >= 0.6 is 11.8 Å². The molecular weight excluding hydrogens is 400 g/mol. The Morgan fingerprint density at radius 2 is 1.80 bits per heavy atom. The molecule has 0 saturated carbocycles. The molecule has 0 aromatic heterocycles. The van der Waals surface area contributed by atoms with E-state index in [2.05, 4.69) is 31.4 Å². The summed E-state index contributed by atoms with van der Waals surface area (Å²) in [6.07, 6.45) is 10.9. The second-order valence-corrected chi connectivity index (χ2v) is 3.45. The van der Waals surface area contributed by atoms with Gasteiger partial charge in [-0.05, 0) is 5.75 Å². The van der Waals surface area contributed by atoms with Gasteiger partial charge in [0.05, 0.1) is 0 Å². The maximum absolute atomic E-state index is 3.13. The van der Waals surface area contributed by atoms with Crippen molar-refractivity contribution in [3.05, 3.63) is 23.6 Å². The molecule has 0 aliphatic rings. The minimum absolute atomic E-state index is 0. The van der Waals surface area contributed by atoms with Gasteiger partial charge in [-0.2, -0.15) is 11.5 Å². The molecule has 0 aromatic carbocycles. The van der Waals surface area contributed by atoms with Crippen molar-refractivity contribution in [3.8, 4) is 0 Å². The van der Waals surface area contributed by atoms with E-state index in [1.165, 1.54) is 12.8 Å². The van der Waals surface area contributed by atoms with E-state index in [0.29, 0.717) is 0 Å². The standard InChI is InChI=1S/C10H17S.2BrH.Cu.Mg/c1-3-5-6-7-8-9-10-11-4-2;;;;/h7,9-10H,3-6H2,1-2H3;2*1H;;/q-1;;;+1;+2/p-2/b10-9-;;;;. The second-order valence-electron chi connectivity index (χ2n) is 2.27. The van der Waals surface area contributed by atoms with Crippen molar-refractivity contribution in [2.24, 2.45) is 0 Å². The molecule has 90 valence electrons. The van der Waals surface area contributed by atoms with E-state index in [-0.39, 0.29) is 74.1 Å². The van der Waals surface area contributed by atoms with Crippen molar-refractivity contribution in [2.45, 2.75) is 33.1 Å². The monoisotopic (exact) mass is 414 g/mol. The summed E-state index contributed by atoms with van der Waals surface area (Å²) in [5.41, 5.74) is 0. The Labute approximate surface area is 147 Å². The molecule has 0 saturated heterocycles. The molecule has 0 heterocycles. The molecule has 0 bridgehead atoms. The van der Waals surface area contributed by atoms with Gasteiger partial charge in [0.1, 0.15) is 0 Å². The van der Waals surface area contributed by atoms with Gasteiger partial charge in [-0.3, -0.25) is 6.08 Å². The molecule has 0 aromatic rings. The number of unbranched alkanes of at least 4 members (excludes halogenated alkanes) is 2. The topological polar surface area (TPSA) is 0 Å². The molecule has 0 unspecified atom stereocenters. The molecule has 15 heavy (non-hydrogen) atoms. The van der Waals surface area contributed by atoms with Crippen LogP contribution < -0.4 is 34.0 Å². The summed E-state index contributed by atoms with van der Waals surface area (Å²) in [6, 6.07) is 0. The van der Waals surface area contributed by atoms with E-state index < -0.39 is 0 Å². The van der Waals surface area contributed by atoms with Crippen molar-refractivity contribution in [1.29, 1.82) is 0 Å².